The monoisotopic (exact) mass is 462 g/mol. The summed E-state index contributed by atoms with van der Waals surface area (Å²) in [5, 5.41) is 3.58. The van der Waals surface area contributed by atoms with E-state index in [9.17, 15) is 4.79 Å². The molecule has 170 valence electrons. The van der Waals surface area contributed by atoms with E-state index < -0.39 is 0 Å². The lowest BCUT2D eigenvalue weighted by Crippen LogP contribution is -2.20. The van der Waals surface area contributed by atoms with E-state index in [2.05, 4.69) is 36.3 Å². The van der Waals surface area contributed by atoms with Crippen LogP contribution in [0.3, 0.4) is 0 Å². The topological polar surface area (TPSA) is 64.4 Å². The molecule has 33 heavy (non-hydrogen) atoms. The predicted octanol–water partition coefficient (Wildman–Crippen LogP) is 7.30. The van der Waals surface area contributed by atoms with Gasteiger partial charge in [0.15, 0.2) is 12.2 Å². The molecule has 0 saturated heterocycles. The van der Waals surface area contributed by atoms with Crippen molar-refractivity contribution in [1.82, 2.24) is 4.98 Å². The second-order valence-corrected chi connectivity index (χ2v) is 8.72. The number of oxazole rings is 1. The molecule has 0 unspecified atom stereocenters. The molecule has 0 spiro atoms. The number of benzene rings is 3. The Morgan fingerprint density at radius 2 is 1.88 bits per heavy atom. The van der Waals surface area contributed by atoms with Gasteiger partial charge in [0.2, 0.25) is 5.89 Å². The Balaban J connectivity index is 1.46. The van der Waals surface area contributed by atoms with Crippen molar-refractivity contribution in [2.24, 2.45) is 0 Å². The van der Waals surface area contributed by atoms with Crippen LogP contribution in [0.1, 0.15) is 42.9 Å². The van der Waals surface area contributed by atoms with Gasteiger partial charge in [-0.3, -0.25) is 4.79 Å². The molecule has 1 atom stereocenters. The Labute approximate surface area is 198 Å². The molecule has 1 aromatic heterocycles. The molecule has 0 saturated carbocycles. The summed E-state index contributed by atoms with van der Waals surface area (Å²) in [6.45, 7) is 8.08. The Morgan fingerprint density at radius 3 is 2.61 bits per heavy atom. The Kier molecular flexibility index (Phi) is 6.70. The van der Waals surface area contributed by atoms with Gasteiger partial charge in [0.25, 0.3) is 5.91 Å². The Hall–Kier alpha value is -3.31. The molecule has 0 aliphatic carbocycles. The molecule has 1 N–H and O–H groups in total. The van der Waals surface area contributed by atoms with Crippen LogP contribution in [-0.4, -0.2) is 17.5 Å². The molecule has 0 aliphatic rings. The Morgan fingerprint density at radius 1 is 1.12 bits per heavy atom. The van der Waals surface area contributed by atoms with Crippen LogP contribution in [0, 0.1) is 13.8 Å². The highest BCUT2D eigenvalue weighted by Gasteiger charge is 2.12. The molecule has 1 amide bonds. The molecule has 4 aromatic rings. The second kappa shape index (κ2) is 9.67. The average molecular weight is 463 g/mol. The van der Waals surface area contributed by atoms with Crippen LogP contribution in [-0.2, 0) is 4.79 Å². The van der Waals surface area contributed by atoms with Crippen LogP contribution < -0.4 is 10.1 Å². The van der Waals surface area contributed by atoms with Gasteiger partial charge in [-0.25, -0.2) is 4.98 Å². The van der Waals surface area contributed by atoms with Gasteiger partial charge in [-0.2, -0.15) is 0 Å². The second-order valence-electron chi connectivity index (χ2n) is 8.34. The number of halogens is 1. The third-order valence-electron chi connectivity index (χ3n) is 5.77. The van der Waals surface area contributed by atoms with Crippen molar-refractivity contribution in [3.63, 3.8) is 0 Å². The summed E-state index contributed by atoms with van der Waals surface area (Å²) >= 11 is 6.19. The van der Waals surface area contributed by atoms with E-state index in [0.717, 1.165) is 34.2 Å². The zero-order valence-electron chi connectivity index (χ0n) is 19.2. The van der Waals surface area contributed by atoms with Crippen LogP contribution >= 0.6 is 11.6 Å². The minimum Gasteiger partial charge on any atom is -0.484 e. The minimum atomic E-state index is -0.256. The van der Waals surface area contributed by atoms with Crippen LogP contribution in [0.4, 0.5) is 5.69 Å². The number of rotatable bonds is 7. The van der Waals surface area contributed by atoms with Gasteiger partial charge >= 0.3 is 0 Å². The number of hydrogen-bond acceptors (Lipinski definition) is 4. The van der Waals surface area contributed by atoms with Gasteiger partial charge in [0.1, 0.15) is 11.3 Å². The first-order valence-corrected chi connectivity index (χ1v) is 11.4. The fourth-order valence-electron chi connectivity index (χ4n) is 3.68. The normalized spacial score (nSPS) is 12.0. The van der Waals surface area contributed by atoms with Gasteiger partial charge in [0, 0.05) is 16.3 Å². The maximum atomic E-state index is 12.4. The first-order chi connectivity index (χ1) is 15.8. The molecule has 0 fully saturated rings. The predicted molar refractivity (Wildman–Crippen MR) is 133 cm³/mol. The maximum absolute atomic E-state index is 12.4. The van der Waals surface area contributed by atoms with E-state index in [4.69, 9.17) is 20.8 Å². The smallest absolute Gasteiger partial charge is 0.262 e. The van der Waals surface area contributed by atoms with Crippen LogP contribution in [0.15, 0.2) is 59.0 Å². The third kappa shape index (κ3) is 5.20. The zero-order chi connectivity index (χ0) is 23.5. The molecule has 1 heterocycles. The lowest BCUT2D eigenvalue weighted by atomic mass is 9.98. The standard InChI is InChI=1S/C27H27ClN2O3/c1-5-16(2)19-9-10-24-23(14-19)30-27(33-24)20-7-6-8-21(13-20)29-25(31)15-32-22-11-17(3)26(28)18(4)12-22/h6-14,16H,5,15H2,1-4H3,(H,29,31)/t16-/m1/s1. The average Bonchev–Trinajstić information content (AvgIpc) is 3.24. The van der Waals surface area contributed by atoms with E-state index in [1.807, 2.05) is 56.3 Å². The highest BCUT2D eigenvalue weighted by atomic mass is 35.5. The SMILES string of the molecule is CC[C@@H](C)c1ccc2oc(-c3cccc(NC(=O)COc4cc(C)c(Cl)c(C)c4)c3)nc2c1. The fourth-order valence-corrected chi connectivity index (χ4v) is 3.78. The van der Waals surface area contributed by atoms with Crippen LogP contribution in [0.2, 0.25) is 5.02 Å². The van der Waals surface area contributed by atoms with Crippen molar-refractivity contribution in [3.05, 3.63) is 76.3 Å². The highest BCUT2D eigenvalue weighted by Crippen LogP contribution is 2.29. The number of aryl methyl sites for hydroxylation is 2. The van der Waals surface area contributed by atoms with E-state index in [1.165, 1.54) is 5.56 Å². The van der Waals surface area contributed by atoms with Gasteiger partial charge in [-0.1, -0.05) is 37.6 Å². The molecule has 5 nitrogen and oxygen atoms in total. The van der Waals surface area contributed by atoms with Crippen molar-refractivity contribution in [2.75, 3.05) is 11.9 Å². The lowest BCUT2D eigenvalue weighted by molar-refractivity contribution is -0.118. The minimum absolute atomic E-state index is 0.105. The van der Waals surface area contributed by atoms with E-state index >= 15 is 0 Å². The van der Waals surface area contributed by atoms with Crippen molar-refractivity contribution < 1.29 is 13.9 Å². The van der Waals surface area contributed by atoms with Crippen molar-refractivity contribution >= 4 is 34.3 Å². The number of carbonyl (C=O) groups excluding carboxylic acids is 1. The fraction of sp³-hybridized carbons (Fsp3) is 0.259. The Bertz CT molecular complexity index is 1290. The molecular formula is C27H27ClN2O3. The third-order valence-corrected chi connectivity index (χ3v) is 6.36. The number of ether oxygens (including phenoxy) is 1. The highest BCUT2D eigenvalue weighted by molar-refractivity contribution is 6.32. The van der Waals surface area contributed by atoms with Gasteiger partial charge in [-0.05, 0) is 85.3 Å². The number of nitrogens with zero attached hydrogens (tertiary/aromatic N) is 1. The summed E-state index contributed by atoms with van der Waals surface area (Å²) in [6, 6.07) is 17.2. The van der Waals surface area contributed by atoms with E-state index in [0.29, 0.717) is 28.3 Å². The number of nitrogens with one attached hydrogen (secondary N) is 1. The number of carbonyl (C=O) groups is 1. The number of aromatic nitrogens is 1. The van der Waals surface area contributed by atoms with Gasteiger partial charge < -0.3 is 14.5 Å². The van der Waals surface area contributed by atoms with Gasteiger partial charge in [-0.15, -0.1) is 0 Å². The van der Waals surface area contributed by atoms with Crippen molar-refractivity contribution in [3.8, 4) is 17.2 Å². The van der Waals surface area contributed by atoms with E-state index in [1.54, 1.807) is 0 Å². The quantitative estimate of drug-likeness (QED) is 0.313. The summed E-state index contributed by atoms with van der Waals surface area (Å²) in [5.74, 6) is 1.34. The molecule has 6 heteroatoms. The molecule has 3 aromatic carbocycles. The summed E-state index contributed by atoms with van der Waals surface area (Å²) in [6.07, 6.45) is 1.07. The zero-order valence-corrected chi connectivity index (χ0v) is 20.0. The maximum Gasteiger partial charge on any atom is 0.262 e. The number of hydrogen-bond donors (Lipinski definition) is 1. The van der Waals surface area contributed by atoms with Gasteiger partial charge in [0.05, 0.1) is 0 Å². The number of amides is 1. The molecular weight excluding hydrogens is 436 g/mol. The first-order valence-electron chi connectivity index (χ1n) is 11.0. The summed E-state index contributed by atoms with van der Waals surface area (Å²) < 4.78 is 11.6. The van der Waals surface area contributed by atoms with Crippen LogP contribution in [0.25, 0.3) is 22.6 Å². The summed E-state index contributed by atoms with van der Waals surface area (Å²) in [4.78, 5) is 17.1. The van der Waals surface area contributed by atoms with E-state index in [-0.39, 0.29) is 12.5 Å². The largest absolute Gasteiger partial charge is 0.484 e. The molecule has 0 radical (unpaired) electrons. The molecule has 0 bridgehead atoms. The van der Waals surface area contributed by atoms with Crippen molar-refractivity contribution in [2.45, 2.75) is 40.0 Å². The lowest BCUT2D eigenvalue weighted by Gasteiger charge is -2.10. The molecule has 4 rings (SSSR count). The van der Waals surface area contributed by atoms with Crippen LogP contribution in [0.5, 0.6) is 5.75 Å². The summed E-state index contributed by atoms with van der Waals surface area (Å²) in [7, 11) is 0. The molecule has 0 aliphatic heterocycles. The summed E-state index contributed by atoms with van der Waals surface area (Å²) in [5.41, 5.74) is 6.08. The van der Waals surface area contributed by atoms with Crippen molar-refractivity contribution in [1.29, 1.82) is 0 Å². The number of fused-ring (bicyclic) bond motifs is 1. The number of anilines is 1. The first kappa shape index (κ1) is 22.9.